The van der Waals surface area contributed by atoms with E-state index in [1.54, 1.807) is 24.3 Å². The van der Waals surface area contributed by atoms with Gasteiger partial charge in [0.05, 0.1) is 0 Å². The van der Waals surface area contributed by atoms with E-state index in [2.05, 4.69) is 91.4 Å². The number of nitrogens with one attached hydrogen (secondary N) is 2. The zero-order chi connectivity index (χ0) is 27.2. The third kappa shape index (κ3) is 11.8. The Morgan fingerprint density at radius 1 is 0.725 bits per heavy atom. The van der Waals surface area contributed by atoms with Crippen LogP contribution >= 0.6 is 15.9 Å². The van der Waals surface area contributed by atoms with Crippen molar-refractivity contribution in [2.75, 3.05) is 0 Å². The van der Waals surface area contributed by atoms with Crippen molar-refractivity contribution in [1.29, 1.82) is 0 Å². The van der Waals surface area contributed by atoms with E-state index in [0.29, 0.717) is 5.46 Å². The van der Waals surface area contributed by atoms with Crippen molar-refractivity contribution >= 4 is 56.8 Å². The van der Waals surface area contributed by atoms with E-state index in [4.69, 9.17) is 20.1 Å². The second-order valence-electron chi connectivity index (χ2n) is 7.77. The fourth-order valence-electron chi connectivity index (χ4n) is 3.63. The number of carbonyl (C=O) groups is 1. The third-order valence-electron chi connectivity index (χ3n) is 5.36. The van der Waals surface area contributed by atoms with Gasteiger partial charge in [-0.25, -0.2) is 0 Å². The molecule has 0 spiro atoms. The summed E-state index contributed by atoms with van der Waals surface area (Å²) in [5.41, 5.74) is 5.44. The van der Waals surface area contributed by atoms with Crippen molar-refractivity contribution < 1.29 is 129 Å². The molecule has 194 valence electrons. The van der Waals surface area contributed by atoms with Crippen molar-refractivity contribution in [3.8, 4) is 11.1 Å². The Morgan fingerprint density at radius 3 is 1.73 bits per heavy atom. The van der Waals surface area contributed by atoms with Gasteiger partial charge in [0.2, 0.25) is 0 Å². The molecule has 4 N–H and O–H groups in total. The normalized spacial score (nSPS) is 9.20. The first kappa shape index (κ1) is 37.2. The van der Waals surface area contributed by atoms with E-state index < -0.39 is 7.12 Å². The molecular weight excluding hydrogens is 625 g/mol. The predicted molar refractivity (Wildman–Crippen MR) is 154 cm³/mol. The van der Waals surface area contributed by atoms with Crippen molar-refractivity contribution in [3.05, 3.63) is 126 Å². The molecule has 0 aliphatic heterocycles. The molecule has 4 aromatic carbocycles. The summed E-state index contributed by atoms with van der Waals surface area (Å²) in [7, 11) is -1.34. The molecule has 0 aliphatic carbocycles. The van der Waals surface area contributed by atoms with Gasteiger partial charge in [0, 0.05) is 38.7 Å². The summed E-state index contributed by atoms with van der Waals surface area (Å²) in [6.07, 6.45) is 3.92. The minimum absolute atomic E-state index is 0. The largest absolute Gasteiger partial charge is 1.00 e. The van der Waals surface area contributed by atoms with E-state index in [0.717, 1.165) is 4.47 Å². The molecule has 40 heavy (non-hydrogen) atoms. The molecule has 0 bridgehead atoms. The molecule has 0 amide bonds. The Bertz CT molecular complexity index is 1540. The Hall–Kier alpha value is -0.872. The first-order chi connectivity index (χ1) is 18.5. The number of hydrogen-bond donors (Lipinski definition) is 4. The number of hydrogen-bond acceptors (Lipinski definition) is 5. The first-order valence-corrected chi connectivity index (χ1v) is 12.3. The van der Waals surface area contributed by atoms with Gasteiger partial charge in [-0.15, -0.1) is 0 Å². The number of rotatable bonds is 3. The average molecular weight is 651 g/mol. The van der Waals surface area contributed by atoms with Gasteiger partial charge in [-0.05, 0) is 46.9 Å². The van der Waals surface area contributed by atoms with Crippen LogP contribution in [0.4, 0.5) is 0 Å². The van der Waals surface area contributed by atoms with Gasteiger partial charge in [0.15, 0.2) is 0 Å². The Morgan fingerprint density at radius 2 is 1.23 bits per heavy atom. The standard InChI is InChI=1S/C14H11N.C8H6BrN.C6H7BO2.CH2O3.2K.H/c1-2-5-11(6-3-1)12-7-4-8-14-13(12)9-10-15-14;9-7-2-1-3-8-6(7)4-5-10-8;8-7(9)6-4-2-1-3-5-6;2-1-4-3;;;/h1-10,15H;1-5,10H;1-5,8-9H;1,3H;;;/q;;;;2*+1;-1/p-1. The number of aromatic nitrogens is 2. The van der Waals surface area contributed by atoms with Crippen molar-refractivity contribution in [3.63, 3.8) is 0 Å². The second-order valence-corrected chi connectivity index (χ2v) is 8.62. The van der Waals surface area contributed by atoms with Gasteiger partial charge in [0.25, 0.3) is 6.47 Å². The average Bonchev–Trinajstić information content (AvgIpc) is 3.65. The van der Waals surface area contributed by atoms with E-state index in [1.165, 1.54) is 32.9 Å². The molecule has 0 aliphatic rings. The van der Waals surface area contributed by atoms with Crippen LogP contribution in [0.2, 0.25) is 0 Å². The fourth-order valence-corrected chi connectivity index (χ4v) is 4.13. The van der Waals surface area contributed by atoms with Crippen LogP contribution in [0, 0.1) is 0 Å². The quantitative estimate of drug-likeness (QED) is 0.0821. The van der Waals surface area contributed by atoms with Crippen LogP contribution in [0.15, 0.2) is 126 Å². The van der Waals surface area contributed by atoms with Gasteiger partial charge < -0.3 is 31.6 Å². The fraction of sp³-hybridized carbons (Fsp3) is 0. The van der Waals surface area contributed by atoms with Crippen LogP contribution in [0.25, 0.3) is 32.9 Å². The molecule has 0 radical (unpaired) electrons. The summed E-state index contributed by atoms with van der Waals surface area (Å²) in [5, 5.41) is 28.1. The molecule has 0 fully saturated rings. The molecule has 2 heterocycles. The van der Waals surface area contributed by atoms with Crippen molar-refractivity contribution in [2.24, 2.45) is 0 Å². The Balaban J connectivity index is 0.000000548. The van der Waals surface area contributed by atoms with E-state index in [1.807, 2.05) is 36.7 Å². The maximum atomic E-state index is 8.64. The molecule has 2 aromatic heterocycles. The van der Waals surface area contributed by atoms with Crippen LogP contribution in [-0.2, 0) is 9.68 Å². The van der Waals surface area contributed by atoms with Gasteiger partial charge in [-0.2, -0.15) is 0 Å². The molecule has 7 nitrogen and oxygen atoms in total. The SMILES string of the molecule is Brc1cccc2[nH]ccc12.O=CO[O-].OB(O)c1ccccc1.[H-].[K+].[K+].c1ccc(-c2cccc3[nH]ccc23)cc1. The number of halogens is 1. The molecule has 6 rings (SSSR count). The number of fused-ring (bicyclic) bond motifs is 2. The Labute approximate surface area is 327 Å². The maximum absolute atomic E-state index is 8.64. The molecule has 11 heteroatoms. The summed E-state index contributed by atoms with van der Waals surface area (Å²) >= 11 is 3.46. The van der Waals surface area contributed by atoms with E-state index >= 15 is 0 Å². The Kier molecular flexibility index (Phi) is 19.4. The van der Waals surface area contributed by atoms with Gasteiger partial charge >= 0.3 is 110 Å². The van der Waals surface area contributed by atoms with Crippen LogP contribution in [0.3, 0.4) is 0 Å². The van der Waals surface area contributed by atoms with Crippen LogP contribution < -0.4 is 113 Å². The van der Waals surface area contributed by atoms with Gasteiger partial charge in [0.1, 0.15) is 0 Å². The summed E-state index contributed by atoms with van der Waals surface area (Å²) in [6.45, 7) is -0.181. The molecule has 0 saturated carbocycles. The molecule has 0 saturated heterocycles. The number of H-pyrrole nitrogens is 2. The van der Waals surface area contributed by atoms with Gasteiger partial charge in [-0.1, -0.05) is 94.8 Å². The maximum Gasteiger partial charge on any atom is 1.00 e. The zero-order valence-corrected chi connectivity index (χ0v) is 30.0. The van der Waals surface area contributed by atoms with Crippen molar-refractivity contribution in [1.82, 2.24) is 9.97 Å². The number of carbonyl (C=O) groups excluding carboxylic acids is 1. The monoisotopic (exact) mass is 650 g/mol. The molecule has 0 unspecified atom stereocenters. The van der Waals surface area contributed by atoms with Crippen LogP contribution in [-0.4, -0.2) is 33.6 Å². The topological polar surface area (TPSA) is 121 Å². The predicted octanol–water partition coefficient (Wildman–Crippen LogP) is -1.31. The summed E-state index contributed by atoms with van der Waals surface area (Å²) in [4.78, 5) is 17.6. The van der Waals surface area contributed by atoms with Gasteiger partial charge in [-0.3, -0.25) is 4.79 Å². The third-order valence-corrected chi connectivity index (χ3v) is 6.05. The van der Waals surface area contributed by atoms with E-state index in [-0.39, 0.29) is 111 Å². The minimum atomic E-state index is -1.34. The van der Waals surface area contributed by atoms with E-state index in [9.17, 15) is 0 Å². The zero-order valence-electron chi connectivity index (χ0n) is 23.2. The summed E-state index contributed by atoms with van der Waals surface area (Å²) in [6, 6.07) is 35.8. The summed E-state index contributed by atoms with van der Waals surface area (Å²) in [5.74, 6) is 0. The number of benzene rings is 4. The molecular formula is C29H26BBrK2N2O5. The van der Waals surface area contributed by atoms with Crippen LogP contribution in [0.5, 0.6) is 0 Å². The summed E-state index contributed by atoms with van der Waals surface area (Å²) < 4.78 is 1.14. The van der Waals surface area contributed by atoms with Crippen molar-refractivity contribution in [2.45, 2.75) is 0 Å². The first-order valence-electron chi connectivity index (χ1n) is 11.5. The molecule has 6 aromatic rings. The smallest absolute Gasteiger partial charge is 1.00 e. The molecule has 0 atom stereocenters. The van der Waals surface area contributed by atoms with Crippen LogP contribution in [0.1, 0.15) is 1.43 Å². The second kappa shape index (κ2) is 20.9. The number of aromatic amines is 2. The minimum Gasteiger partial charge on any atom is -1.00 e.